The van der Waals surface area contributed by atoms with Crippen LogP contribution in [-0.2, 0) is 0 Å². The van der Waals surface area contributed by atoms with E-state index < -0.39 is 29.9 Å². The first-order chi connectivity index (χ1) is 11.0. The van der Waals surface area contributed by atoms with Crippen LogP contribution in [0.15, 0.2) is 12.2 Å². The first-order valence-corrected chi connectivity index (χ1v) is 8.22. The standard InChI is InChI=1S/C16H19F5O3/c17-14(18,15(23,24)16(19,20)21)13(22)10-5-8-4-9(10)12-7-2-1-6(3-7)11(8)12/h1-2,6-13,22-24H,3-5H2. The molecule has 4 bridgehead atoms. The van der Waals surface area contributed by atoms with Crippen molar-refractivity contribution in [3.8, 4) is 0 Å². The predicted octanol–water partition coefficient (Wildman–Crippen LogP) is 2.32. The van der Waals surface area contributed by atoms with Crippen LogP contribution in [-0.4, -0.2) is 39.3 Å². The van der Waals surface area contributed by atoms with E-state index in [1.807, 2.05) is 6.08 Å². The van der Waals surface area contributed by atoms with Gasteiger partial charge in [-0.2, -0.15) is 22.0 Å². The molecule has 136 valence electrons. The van der Waals surface area contributed by atoms with Gasteiger partial charge in [0.05, 0.1) is 0 Å². The van der Waals surface area contributed by atoms with Gasteiger partial charge in [-0.1, -0.05) is 12.2 Å². The third-order valence-electron chi connectivity index (χ3n) is 6.96. The number of fused-ring (bicyclic) bond motifs is 9. The summed E-state index contributed by atoms with van der Waals surface area (Å²) >= 11 is 0. The second kappa shape index (κ2) is 4.71. The summed E-state index contributed by atoms with van der Waals surface area (Å²) in [6, 6.07) is 0. The SMILES string of the molecule is OC(C1CC2CC1C1C3C=CC(C3)C21)C(F)(F)C(O)(O)C(F)(F)F. The van der Waals surface area contributed by atoms with Crippen LogP contribution in [0.1, 0.15) is 19.3 Å². The number of aliphatic hydroxyl groups is 3. The number of hydrogen-bond acceptors (Lipinski definition) is 3. The summed E-state index contributed by atoms with van der Waals surface area (Å²) < 4.78 is 66.0. The fraction of sp³-hybridized carbons (Fsp3) is 0.875. The molecule has 4 rings (SSSR count). The van der Waals surface area contributed by atoms with Gasteiger partial charge in [-0.3, -0.25) is 0 Å². The van der Waals surface area contributed by atoms with Crippen LogP contribution in [0.4, 0.5) is 22.0 Å². The lowest BCUT2D eigenvalue weighted by molar-refractivity contribution is -0.432. The van der Waals surface area contributed by atoms with E-state index >= 15 is 0 Å². The highest BCUT2D eigenvalue weighted by Gasteiger charge is 2.74. The van der Waals surface area contributed by atoms with Gasteiger partial charge in [0.15, 0.2) is 0 Å². The Morgan fingerprint density at radius 3 is 2.04 bits per heavy atom. The maximum absolute atomic E-state index is 14.1. The summed E-state index contributed by atoms with van der Waals surface area (Å²) in [5.74, 6) is -10.4. The highest BCUT2D eigenvalue weighted by molar-refractivity contribution is 5.21. The monoisotopic (exact) mass is 354 g/mol. The number of rotatable bonds is 3. The van der Waals surface area contributed by atoms with Gasteiger partial charge in [0, 0.05) is 0 Å². The molecule has 0 radical (unpaired) electrons. The summed E-state index contributed by atoms with van der Waals surface area (Å²) in [4.78, 5) is 0. The van der Waals surface area contributed by atoms with Crippen LogP contribution in [0.25, 0.3) is 0 Å². The molecule has 8 unspecified atom stereocenters. The van der Waals surface area contributed by atoms with Crippen molar-refractivity contribution in [3.05, 3.63) is 12.2 Å². The Morgan fingerprint density at radius 2 is 1.46 bits per heavy atom. The lowest BCUT2D eigenvalue weighted by Crippen LogP contribution is -2.65. The third-order valence-corrected chi connectivity index (χ3v) is 6.96. The fourth-order valence-corrected chi connectivity index (χ4v) is 6.09. The molecule has 3 saturated carbocycles. The molecule has 4 aliphatic rings. The molecule has 8 atom stereocenters. The average Bonchev–Trinajstić information content (AvgIpc) is 3.22. The summed E-state index contributed by atoms with van der Waals surface area (Å²) in [5, 5.41) is 28.0. The molecule has 0 amide bonds. The van der Waals surface area contributed by atoms with Crippen molar-refractivity contribution in [1.29, 1.82) is 0 Å². The molecular formula is C16H19F5O3. The Morgan fingerprint density at radius 1 is 0.875 bits per heavy atom. The van der Waals surface area contributed by atoms with Crippen molar-refractivity contribution in [1.82, 2.24) is 0 Å². The number of hydrogen-bond donors (Lipinski definition) is 3. The largest absolute Gasteiger partial charge is 0.449 e. The van der Waals surface area contributed by atoms with Crippen LogP contribution in [0.2, 0.25) is 0 Å². The Kier molecular flexibility index (Phi) is 3.28. The van der Waals surface area contributed by atoms with Gasteiger partial charge in [-0.05, 0) is 60.7 Å². The minimum atomic E-state index is -5.95. The quantitative estimate of drug-likeness (QED) is 0.316. The van der Waals surface area contributed by atoms with Gasteiger partial charge in [-0.25, -0.2) is 0 Å². The number of allylic oxidation sites excluding steroid dienone is 2. The van der Waals surface area contributed by atoms with Gasteiger partial charge in [0.1, 0.15) is 6.10 Å². The minimum absolute atomic E-state index is 0.117. The Balaban J connectivity index is 1.58. The molecule has 0 aromatic carbocycles. The minimum Gasteiger partial charge on any atom is -0.386 e. The van der Waals surface area contributed by atoms with Crippen molar-refractivity contribution < 1.29 is 37.3 Å². The second-order valence-corrected chi connectivity index (χ2v) is 7.90. The average molecular weight is 354 g/mol. The second-order valence-electron chi connectivity index (χ2n) is 7.90. The van der Waals surface area contributed by atoms with Gasteiger partial charge < -0.3 is 15.3 Å². The predicted molar refractivity (Wildman–Crippen MR) is 71.6 cm³/mol. The van der Waals surface area contributed by atoms with Crippen molar-refractivity contribution in [3.63, 3.8) is 0 Å². The Hall–Kier alpha value is -0.730. The first kappa shape index (κ1) is 16.7. The van der Waals surface area contributed by atoms with Crippen LogP contribution in [0.5, 0.6) is 0 Å². The first-order valence-electron chi connectivity index (χ1n) is 8.22. The molecule has 3 nitrogen and oxygen atoms in total. The molecule has 4 aliphatic carbocycles. The highest BCUT2D eigenvalue weighted by atomic mass is 19.4. The zero-order chi connectivity index (χ0) is 17.7. The molecule has 3 fully saturated rings. The Bertz CT molecular complexity index is 573. The molecule has 3 N–H and O–H groups in total. The molecule has 0 aromatic rings. The summed E-state index contributed by atoms with van der Waals surface area (Å²) in [5.41, 5.74) is 0. The van der Waals surface area contributed by atoms with Crippen LogP contribution in [0, 0.1) is 41.4 Å². The summed E-state index contributed by atoms with van der Waals surface area (Å²) in [7, 11) is 0. The molecule has 8 heteroatoms. The van der Waals surface area contributed by atoms with Gasteiger partial charge in [0.2, 0.25) is 0 Å². The van der Waals surface area contributed by atoms with Crippen molar-refractivity contribution in [2.75, 3.05) is 0 Å². The van der Waals surface area contributed by atoms with E-state index in [9.17, 15) is 27.1 Å². The van der Waals surface area contributed by atoms with Gasteiger partial charge in [0.25, 0.3) is 0 Å². The number of halogens is 5. The highest BCUT2D eigenvalue weighted by Crippen LogP contribution is 2.68. The van der Waals surface area contributed by atoms with Crippen LogP contribution < -0.4 is 0 Å². The van der Waals surface area contributed by atoms with E-state index in [-0.39, 0.29) is 30.1 Å². The zero-order valence-corrected chi connectivity index (χ0v) is 12.6. The lowest BCUT2D eigenvalue weighted by atomic mass is 9.67. The third kappa shape index (κ3) is 1.88. The molecular weight excluding hydrogens is 335 g/mol. The molecule has 0 heterocycles. The van der Waals surface area contributed by atoms with Crippen LogP contribution in [0.3, 0.4) is 0 Å². The molecule has 24 heavy (non-hydrogen) atoms. The van der Waals surface area contributed by atoms with E-state index in [1.54, 1.807) is 0 Å². The van der Waals surface area contributed by atoms with E-state index in [0.29, 0.717) is 18.3 Å². The van der Waals surface area contributed by atoms with E-state index in [2.05, 4.69) is 6.08 Å². The normalized spacial score (nSPS) is 45.1. The van der Waals surface area contributed by atoms with Crippen molar-refractivity contribution in [2.24, 2.45) is 41.4 Å². The van der Waals surface area contributed by atoms with Crippen LogP contribution >= 0.6 is 0 Å². The lowest BCUT2D eigenvalue weighted by Gasteiger charge is -2.43. The topological polar surface area (TPSA) is 60.7 Å². The maximum Gasteiger partial charge on any atom is 0.449 e. The van der Waals surface area contributed by atoms with Crippen molar-refractivity contribution in [2.45, 2.75) is 43.3 Å². The van der Waals surface area contributed by atoms with Gasteiger partial charge >= 0.3 is 17.9 Å². The number of alkyl halides is 5. The number of aliphatic hydroxyl groups excluding tert-OH is 1. The Labute approximate surface area is 135 Å². The molecule has 0 aliphatic heterocycles. The van der Waals surface area contributed by atoms with Gasteiger partial charge in [-0.15, -0.1) is 0 Å². The van der Waals surface area contributed by atoms with Crippen molar-refractivity contribution >= 4 is 0 Å². The van der Waals surface area contributed by atoms with E-state index in [4.69, 9.17) is 10.2 Å². The maximum atomic E-state index is 14.1. The molecule has 0 saturated heterocycles. The molecule has 0 spiro atoms. The fourth-order valence-electron chi connectivity index (χ4n) is 6.09. The smallest absolute Gasteiger partial charge is 0.386 e. The molecule has 0 aromatic heterocycles. The summed E-state index contributed by atoms with van der Waals surface area (Å²) in [6.45, 7) is 0. The zero-order valence-electron chi connectivity index (χ0n) is 12.6. The van der Waals surface area contributed by atoms with E-state index in [1.165, 1.54) is 0 Å². The summed E-state index contributed by atoms with van der Waals surface area (Å²) in [6.07, 6.45) is -2.70. The van der Waals surface area contributed by atoms with E-state index in [0.717, 1.165) is 6.42 Å².